The second-order valence-electron chi connectivity index (χ2n) is 10.5. The number of hydrogen-bond donors (Lipinski definition) is 3. The van der Waals surface area contributed by atoms with E-state index in [2.05, 4.69) is 34.3 Å². The number of aromatic nitrogens is 6. The largest absolute Gasteiger partial charge is 0.458 e. The number of hydrogen-bond acceptors (Lipinski definition) is 13. The summed E-state index contributed by atoms with van der Waals surface area (Å²) in [5.74, 6) is 1.93. The molecule has 212 valence electrons. The molecule has 0 spiro atoms. The molecule has 0 aromatic carbocycles. The fourth-order valence-corrected chi connectivity index (χ4v) is 4.81. The van der Waals surface area contributed by atoms with Crippen molar-refractivity contribution in [1.82, 2.24) is 29.7 Å². The summed E-state index contributed by atoms with van der Waals surface area (Å²) in [7, 11) is 0. The lowest BCUT2D eigenvalue weighted by atomic mass is 10.1. The van der Waals surface area contributed by atoms with Gasteiger partial charge in [0.25, 0.3) is 6.47 Å². The molecule has 2 aliphatic rings. The van der Waals surface area contributed by atoms with Gasteiger partial charge in [0.2, 0.25) is 17.7 Å². The van der Waals surface area contributed by atoms with Crippen molar-refractivity contribution in [3.8, 4) is 0 Å². The Labute approximate surface area is 225 Å². The molecular formula is C25H36N8O6. The van der Waals surface area contributed by atoms with Gasteiger partial charge in [0, 0.05) is 18.5 Å². The Morgan fingerprint density at radius 1 is 1.23 bits per heavy atom. The molecule has 4 heterocycles. The number of anilines is 2. The number of aliphatic hydroxyl groups excluding tert-OH is 2. The Hall–Kier alpha value is -3.36. The van der Waals surface area contributed by atoms with Crippen LogP contribution in [0.4, 0.5) is 11.8 Å². The quantitative estimate of drug-likeness (QED) is 0.211. The molecule has 39 heavy (non-hydrogen) atoms. The predicted molar refractivity (Wildman–Crippen MR) is 139 cm³/mol. The van der Waals surface area contributed by atoms with E-state index in [0.717, 1.165) is 25.7 Å². The van der Waals surface area contributed by atoms with Crippen LogP contribution in [0.15, 0.2) is 10.7 Å². The first-order valence-electron chi connectivity index (χ1n) is 13.5. The van der Waals surface area contributed by atoms with E-state index in [-0.39, 0.29) is 37.0 Å². The van der Waals surface area contributed by atoms with Crippen LogP contribution in [0.3, 0.4) is 0 Å². The molecular weight excluding hydrogens is 508 g/mol. The Kier molecular flexibility index (Phi) is 7.96. The third kappa shape index (κ3) is 5.40. The molecule has 14 nitrogen and oxygen atoms in total. The molecule has 3 aromatic rings. The predicted octanol–water partition coefficient (Wildman–Crippen LogP) is 2.27. The van der Waals surface area contributed by atoms with Crippen molar-refractivity contribution in [2.75, 3.05) is 23.5 Å². The normalized spacial score (nSPS) is 23.2. The summed E-state index contributed by atoms with van der Waals surface area (Å²) in [6.45, 7) is 8.76. The van der Waals surface area contributed by atoms with E-state index in [0.29, 0.717) is 35.4 Å². The highest BCUT2D eigenvalue weighted by Crippen LogP contribution is 2.44. The fourth-order valence-electron chi connectivity index (χ4n) is 4.81. The van der Waals surface area contributed by atoms with E-state index in [9.17, 15) is 15.0 Å². The van der Waals surface area contributed by atoms with Gasteiger partial charge in [0.1, 0.15) is 12.8 Å². The van der Waals surface area contributed by atoms with Gasteiger partial charge in [0.05, 0.1) is 6.33 Å². The molecule has 3 N–H and O–H groups in total. The summed E-state index contributed by atoms with van der Waals surface area (Å²) in [4.78, 5) is 27.0. The maximum Gasteiger partial charge on any atom is 0.293 e. The third-order valence-electron chi connectivity index (χ3n) is 7.10. The summed E-state index contributed by atoms with van der Waals surface area (Å²) < 4.78 is 18.8. The lowest BCUT2D eigenvalue weighted by Crippen LogP contribution is -2.32. The number of nitrogens with one attached hydrogen (secondary N) is 1. The molecule has 5 rings (SSSR count). The smallest absolute Gasteiger partial charge is 0.293 e. The molecule has 2 fully saturated rings. The van der Waals surface area contributed by atoms with Crippen LogP contribution in [0.25, 0.3) is 11.2 Å². The van der Waals surface area contributed by atoms with Gasteiger partial charge in [-0.2, -0.15) is 9.97 Å². The van der Waals surface area contributed by atoms with Crippen LogP contribution >= 0.6 is 0 Å². The average Bonchev–Trinajstić information content (AvgIpc) is 3.36. The van der Waals surface area contributed by atoms with Crippen molar-refractivity contribution < 1.29 is 28.9 Å². The van der Waals surface area contributed by atoms with E-state index in [1.54, 1.807) is 9.47 Å². The minimum absolute atomic E-state index is 0.129. The number of carbonyl (C=O) groups excluding carboxylic acids is 1. The third-order valence-corrected chi connectivity index (χ3v) is 7.10. The number of imidazole rings is 1. The van der Waals surface area contributed by atoms with Crippen molar-refractivity contribution in [3.05, 3.63) is 18.1 Å². The van der Waals surface area contributed by atoms with Gasteiger partial charge in [0.15, 0.2) is 35.4 Å². The number of carbonyl (C=O) groups is 1. The zero-order valence-corrected chi connectivity index (χ0v) is 22.6. The van der Waals surface area contributed by atoms with E-state index in [1.807, 2.05) is 13.8 Å². The van der Waals surface area contributed by atoms with Crippen molar-refractivity contribution in [2.45, 2.75) is 89.9 Å². The van der Waals surface area contributed by atoms with Crippen molar-refractivity contribution in [2.24, 2.45) is 5.92 Å². The first-order valence-corrected chi connectivity index (χ1v) is 13.5. The van der Waals surface area contributed by atoms with Crippen molar-refractivity contribution in [3.63, 3.8) is 0 Å². The number of aliphatic hydroxyl groups is 2. The second-order valence-corrected chi connectivity index (χ2v) is 10.5. The molecule has 14 heteroatoms. The van der Waals surface area contributed by atoms with E-state index in [1.165, 1.54) is 6.33 Å². The molecule has 4 atom stereocenters. The highest BCUT2D eigenvalue weighted by atomic mass is 16.6. The van der Waals surface area contributed by atoms with Crippen LogP contribution in [0.5, 0.6) is 0 Å². The molecule has 0 amide bonds. The Morgan fingerprint density at radius 3 is 2.62 bits per heavy atom. The zero-order valence-electron chi connectivity index (χ0n) is 22.6. The summed E-state index contributed by atoms with van der Waals surface area (Å²) in [5, 5.41) is 33.0. The zero-order chi connectivity index (χ0) is 27.7. The summed E-state index contributed by atoms with van der Waals surface area (Å²) in [6, 6.07) is 0.148. The van der Waals surface area contributed by atoms with Crippen LogP contribution in [-0.2, 0) is 14.3 Å². The van der Waals surface area contributed by atoms with Gasteiger partial charge in [-0.1, -0.05) is 27.7 Å². The van der Waals surface area contributed by atoms with E-state index < -0.39 is 24.5 Å². The summed E-state index contributed by atoms with van der Waals surface area (Å²) in [6.07, 6.45) is 0.821. The first-order chi connectivity index (χ1) is 18.9. The molecule has 1 saturated heterocycles. The van der Waals surface area contributed by atoms with Crippen LogP contribution < -0.4 is 10.2 Å². The maximum absolute atomic E-state index is 11.3. The SMILES string of the molecule is CCC(CC)Nc1nc(N(CO)CC(C)C)nc2c1ncn2[C@@H]1O[C@H](c2nnc(C3CC3)o2)[C@@H](OC=O)[C@H]1O. The highest BCUT2D eigenvalue weighted by Gasteiger charge is 2.50. The van der Waals surface area contributed by atoms with Gasteiger partial charge >= 0.3 is 0 Å². The lowest BCUT2D eigenvalue weighted by molar-refractivity contribution is -0.140. The van der Waals surface area contributed by atoms with E-state index >= 15 is 0 Å². The number of fused-ring (bicyclic) bond motifs is 1. The van der Waals surface area contributed by atoms with Gasteiger partial charge in [-0.3, -0.25) is 9.36 Å². The van der Waals surface area contributed by atoms with Gasteiger partial charge in [-0.15, -0.1) is 10.2 Å². The van der Waals surface area contributed by atoms with Crippen LogP contribution in [0, 0.1) is 5.92 Å². The van der Waals surface area contributed by atoms with Crippen molar-refractivity contribution >= 4 is 29.4 Å². The second kappa shape index (κ2) is 11.4. The summed E-state index contributed by atoms with van der Waals surface area (Å²) in [5.41, 5.74) is 0.864. The van der Waals surface area contributed by atoms with Crippen LogP contribution in [-0.4, -0.2) is 77.9 Å². The number of rotatable bonds is 13. The first kappa shape index (κ1) is 27.2. The van der Waals surface area contributed by atoms with Gasteiger partial charge in [-0.05, 0) is 31.6 Å². The number of ether oxygens (including phenoxy) is 2. The van der Waals surface area contributed by atoms with E-state index in [4.69, 9.17) is 23.9 Å². The molecule has 0 radical (unpaired) electrons. The lowest BCUT2D eigenvalue weighted by Gasteiger charge is -2.24. The maximum atomic E-state index is 11.3. The molecule has 0 unspecified atom stereocenters. The Balaban J connectivity index is 1.55. The fraction of sp³-hybridized carbons (Fsp3) is 0.680. The topological polar surface area (TPSA) is 174 Å². The molecule has 1 saturated carbocycles. The summed E-state index contributed by atoms with van der Waals surface area (Å²) >= 11 is 0. The van der Waals surface area contributed by atoms with Crippen molar-refractivity contribution in [1.29, 1.82) is 0 Å². The molecule has 3 aromatic heterocycles. The molecule has 1 aliphatic heterocycles. The van der Waals surface area contributed by atoms with Crippen LogP contribution in [0.2, 0.25) is 0 Å². The number of nitrogens with zero attached hydrogens (tertiary/aromatic N) is 7. The van der Waals surface area contributed by atoms with Crippen LogP contribution in [0.1, 0.15) is 83.4 Å². The highest BCUT2D eigenvalue weighted by molar-refractivity contribution is 5.84. The molecule has 0 bridgehead atoms. The van der Waals surface area contributed by atoms with Gasteiger partial charge in [-0.25, -0.2) is 4.98 Å². The Morgan fingerprint density at radius 2 is 1.97 bits per heavy atom. The van der Waals surface area contributed by atoms with Gasteiger partial charge < -0.3 is 34.3 Å². The minimum atomic E-state index is -1.28. The standard InChI is InChI=1S/C25H36N8O6/c1-5-15(6-2)27-20-16-21(29-25(28-20)32(11-34)9-13(3)4)33(10-26-16)24-17(36)18(37-12-35)19(38-24)23-31-30-22(39-23)14-7-8-14/h10,12-15,17-19,24,34,36H,5-9,11H2,1-4H3,(H,27,28,29)/t17-,18+,19+,24-/m1/s1. The monoisotopic (exact) mass is 544 g/mol. The molecule has 1 aliphatic carbocycles. The Bertz CT molecular complexity index is 1270. The average molecular weight is 545 g/mol. The minimum Gasteiger partial charge on any atom is -0.458 e.